The standard InChI is InChI=1S/C21H23N7O3/c1-21(2)14-5-4-13(10-15(14)24-19(21)30)23-20-25-17-16(22-7-9-28(17)26-20)27-8-6-12(11-27)18(29)31-3/h4-5,7,9-10,12H,6,8,11H2,1-3H3,(H,23,26)(H,24,30). The monoisotopic (exact) mass is 421 g/mol. The van der Waals surface area contributed by atoms with E-state index in [9.17, 15) is 9.59 Å². The maximum atomic E-state index is 12.2. The SMILES string of the molecule is COC(=O)C1CCN(c2nccn3nc(Nc4ccc5c(c4)NC(=O)C5(C)C)nc23)C1. The molecule has 3 aromatic rings. The molecule has 2 aromatic heterocycles. The van der Waals surface area contributed by atoms with Crippen LogP contribution in [0.2, 0.25) is 0 Å². The lowest BCUT2D eigenvalue weighted by molar-refractivity contribution is -0.144. The number of ether oxygens (including phenoxy) is 1. The number of amides is 1. The smallest absolute Gasteiger partial charge is 0.310 e. The topological polar surface area (TPSA) is 114 Å². The summed E-state index contributed by atoms with van der Waals surface area (Å²) in [4.78, 5) is 35.2. The Morgan fingerprint density at radius 3 is 3.00 bits per heavy atom. The molecule has 1 atom stereocenters. The van der Waals surface area contributed by atoms with Gasteiger partial charge in [-0.25, -0.2) is 9.50 Å². The second kappa shape index (κ2) is 6.93. The highest BCUT2D eigenvalue weighted by Crippen LogP contribution is 2.39. The minimum Gasteiger partial charge on any atom is -0.469 e. The first-order valence-electron chi connectivity index (χ1n) is 10.1. The maximum absolute atomic E-state index is 12.2. The summed E-state index contributed by atoms with van der Waals surface area (Å²) in [6.07, 6.45) is 4.11. The zero-order valence-corrected chi connectivity index (χ0v) is 17.5. The molecule has 0 bridgehead atoms. The van der Waals surface area contributed by atoms with Crippen molar-refractivity contribution in [1.82, 2.24) is 19.6 Å². The summed E-state index contributed by atoms with van der Waals surface area (Å²) in [5.41, 5.74) is 2.58. The van der Waals surface area contributed by atoms with Gasteiger partial charge < -0.3 is 20.3 Å². The lowest BCUT2D eigenvalue weighted by atomic mass is 9.86. The highest BCUT2D eigenvalue weighted by Gasteiger charge is 2.38. The van der Waals surface area contributed by atoms with E-state index in [1.807, 2.05) is 36.9 Å². The molecule has 0 saturated carbocycles. The van der Waals surface area contributed by atoms with Gasteiger partial charge in [-0.1, -0.05) is 6.07 Å². The Labute approximate surface area is 178 Å². The Balaban J connectivity index is 1.41. The lowest BCUT2D eigenvalue weighted by Gasteiger charge is -2.16. The fourth-order valence-electron chi connectivity index (χ4n) is 4.19. The molecule has 31 heavy (non-hydrogen) atoms. The molecular formula is C21H23N7O3. The number of anilines is 4. The molecule has 160 valence electrons. The van der Waals surface area contributed by atoms with Crippen LogP contribution in [0.1, 0.15) is 25.8 Å². The summed E-state index contributed by atoms with van der Waals surface area (Å²) in [7, 11) is 1.41. The largest absolute Gasteiger partial charge is 0.469 e. The van der Waals surface area contributed by atoms with Crippen molar-refractivity contribution in [3.8, 4) is 0 Å². The van der Waals surface area contributed by atoms with Crippen molar-refractivity contribution in [1.29, 1.82) is 0 Å². The first-order chi connectivity index (χ1) is 14.9. The van der Waals surface area contributed by atoms with E-state index in [0.29, 0.717) is 36.9 Å². The molecule has 5 rings (SSSR count). The quantitative estimate of drug-likeness (QED) is 0.616. The first kappa shape index (κ1) is 19.3. The molecule has 10 nitrogen and oxygen atoms in total. The number of benzene rings is 1. The number of hydrogen-bond acceptors (Lipinski definition) is 8. The van der Waals surface area contributed by atoms with E-state index in [0.717, 1.165) is 16.9 Å². The lowest BCUT2D eigenvalue weighted by Crippen LogP contribution is -2.26. The van der Waals surface area contributed by atoms with E-state index < -0.39 is 5.41 Å². The van der Waals surface area contributed by atoms with Crippen molar-refractivity contribution in [2.45, 2.75) is 25.7 Å². The van der Waals surface area contributed by atoms with Crippen molar-refractivity contribution >= 4 is 40.7 Å². The van der Waals surface area contributed by atoms with Gasteiger partial charge in [0.2, 0.25) is 11.9 Å². The number of methoxy groups -OCH3 is 1. The number of rotatable bonds is 4. The number of nitrogens with zero attached hydrogens (tertiary/aromatic N) is 5. The fraction of sp³-hybridized carbons (Fsp3) is 0.381. The molecule has 0 radical (unpaired) electrons. The van der Waals surface area contributed by atoms with Crippen LogP contribution < -0.4 is 15.5 Å². The van der Waals surface area contributed by atoms with Gasteiger partial charge in [-0.3, -0.25) is 9.59 Å². The third kappa shape index (κ3) is 3.15. The molecule has 10 heteroatoms. The zero-order valence-electron chi connectivity index (χ0n) is 17.5. The van der Waals surface area contributed by atoms with Crippen molar-refractivity contribution < 1.29 is 14.3 Å². The van der Waals surface area contributed by atoms with Crippen LogP contribution in [0, 0.1) is 5.92 Å². The Morgan fingerprint density at radius 1 is 1.35 bits per heavy atom. The predicted octanol–water partition coefficient (Wildman–Crippen LogP) is 2.10. The van der Waals surface area contributed by atoms with Crippen LogP contribution in [-0.2, 0) is 19.7 Å². The van der Waals surface area contributed by atoms with Gasteiger partial charge >= 0.3 is 5.97 Å². The Kier molecular flexibility index (Phi) is 4.31. The molecule has 1 aromatic carbocycles. The minimum atomic E-state index is -0.548. The van der Waals surface area contributed by atoms with Crippen LogP contribution >= 0.6 is 0 Å². The Hall–Kier alpha value is -3.69. The van der Waals surface area contributed by atoms with Crippen LogP contribution in [0.3, 0.4) is 0 Å². The number of hydrogen-bond donors (Lipinski definition) is 2. The zero-order chi connectivity index (χ0) is 21.8. The molecule has 1 unspecified atom stereocenters. The summed E-state index contributed by atoms with van der Waals surface area (Å²) in [6.45, 7) is 5.04. The molecule has 1 saturated heterocycles. The molecule has 0 spiro atoms. The first-order valence-corrected chi connectivity index (χ1v) is 10.1. The summed E-state index contributed by atoms with van der Waals surface area (Å²) in [6, 6.07) is 5.73. The minimum absolute atomic E-state index is 0.0166. The van der Waals surface area contributed by atoms with E-state index in [1.54, 1.807) is 16.9 Å². The molecule has 0 aliphatic carbocycles. The van der Waals surface area contributed by atoms with Crippen LogP contribution in [-0.4, -0.2) is 51.7 Å². The number of nitrogens with one attached hydrogen (secondary N) is 2. The predicted molar refractivity (Wildman–Crippen MR) is 114 cm³/mol. The highest BCUT2D eigenvalue weighted by atomic mass is 16.5. The van der Waals surface area contributed by atoms with Gasteiger partial charge in [0.15, 0.2) is 11.5 Å². The van der Waals surface area contributed by atoms with Gasteiger partial charge in [0.25, 0.3) is 0 Å². The molecule has 1 fully saturated rings. The van der Waals surface area contributed by atoms with E-state index >= 15 is 0 Å². The Morgan fingerprint density at radius 2 is 2.19 bits per heavy atom. The fourth-order valence-corrected chi connectivity index (χ4v) is 4.19. The molecule has 2 aliphatic rings. The van der Waals surface area contributed by atoms with Gasteiger partial charge in [0, 0.05) is 36.9 Å². The van der Waals surface area contributed by atoms with Gasteiger partial charge in [-0.05, 0) is 38.0 Å². The van der Waals surface area contributed by atoms with Crippen LogP contribution in [0.25, 0.3) is 5.65 Å². The Bertz CT molecular complexity index is 1200. The normalized spacial score (nSPS) is 19.4. The van der Waals surface area contributed by atoms with Crippen LogP contribution in [0.5, 0.6) is 0 Å². The molecular weight excluding hydrogens is 398 g/mol. The van der Waals surface area contributed by atoms with Gasteiger partial charge in [0.05, 0.1) is 18.4 Å². The van der Waals surface area contributed by atoms with Crippen LogP contribution in [0.15, 0.2) is 30.6 Å². The van der Waals surface area contributed by atoms with Crippen molar-refractivity contribution in [2.24, 2.45) is 5.92 Å². The third-order valence-electron chi connectivity index (χ3n) is 6.02. The summed E-state index contributed by atoms with van der Waals surface area (Å²) in [5, 5.41) is 10.6. The van der Waals surface area contributed by atoms with Gasteiger partial charge in [-0.2, -0.15) is 4.98 Å². The van der Waals surface area contributed by atoms with Gasteiger partial charge in [-0.15, -0.1) is 5.10 Å². The second-order valence-electron chi connectivity index (χ2n) is 8.37. The van der Waals surface area contributed by atoms with E-state index in [-0.39, 0.29) is 17.8 Å². The van der Waals surface area contributed by atoms with Crippen molar-refractivity contribution in [3.05, 3.63) is 36.2 Å². The molecule has 2 aliphatic heterocycles. The number of esters is 1. The number of carbonyl (C=O) groups excluding carboxylic acids is 2. The average Bonchev–Trinajstić information content (AvgIpc) is 3.44. The van der Waals surface area contributed by atoms with Crippen molar-refractivity contribution in [3.63, 3.8) is 0 Å². The van der Waals surface area contributed by atoms with Crippen molar-refractivity contribution in [2.75, 3.05) is 35.7 Å². The number of fused-ring (bicyclic) bond motifs is 2. The summed E-state index contributed by atoms with van der Waals surface area (Å²) < 4.78 is 6.53. The van der Waals surface area contributed by atoms with E-state index in [4.69, 9.17) is 4.74 Å². The average molecular weight is 421 g/mol. The molecule has 1 amide bonds. The molecule has 4 heterocycles. The molecule has 2 N–H and O–H groups in total. The van der Waals surface area contributed by atoms with E-state index in [2.05, 4.69) is 25.7 Å². The summed E-state index contributed by atoms with van der Waals surface area (Å²) in [5.74, 6) is 0.708. The second-order valence-corrected chi connectivity index (χ2v) is 8.37. The van der Waals surface area contributed by atoms with Gasteiger partial charge in [0.1, 0.15) is 0 Å². The third-order valence-corrected chi connectivity index (χ3v) is 6.02. The summed E-state index contributed by atoms with van der Waals surface area (Å²) >= 11 is 0. The number of aromatic nitrogens is 4. The van der Waals surface area contributed by atoms with Crippen LogP contribution in [0.4, 0.5) is 23.1 Å². The van der Waals surface area contributed by atoms with E-state index in [1.165, 1.54) is 7.11 Å². The highest BCUT2D eigenvalue weighted by molar-refractivity contribution is 6.06. The number of carbonyl (C=O) groups is 2. The maximum Gasteiger partial charge on any atom is 0.310 e.